The molecule has 0 saturated heterocycles. The van der Waals surface area contributed by atoms with Crippen LogP contribution in [0.5, 0.6) is 0 Å². The predicted molar refractivity (Wildman–Crippen MR) is 46.3 cm³/mol. The molecule has 5 heteroatoms. The maximum absolute atomic E-state index is 11.2. The molecule has 0 bridgehead atoms. The number of hydrogen-bond donors (Lipinski definition) is 1. The van der Waals surface area contributed by atoms with E-state index in [0.717, 1.165) is 0 Å². The largest absolute Gasteiger partial charge is 0.383 e. The quantitative estimate of drug-likeness (QED) is 0.697. The number of aromatic nitrogens is 1. The number of hydrogen-bond acceptors (Lipinski definition) is 4. The van der Waals surface area contributed by atoms with Gasteiger partial charge >= 0.3 is 0 Å². The molecule has 1 N–H and O–H groups in total. The molecule has 0 unspecified atom stereocenters. The first-order valence-corrected chi connectivity index (χ1v) is 4.29. The number of nitrogens with zero attached hydrogens (tertiary/aromatic N) is 1. The van der Waals surface area contributed by atoms with Crippen molar-refractivity contribution in [2.24, 2.45) is 0 Å². The molecule has 0 aliphatic carbocycles. The second-order valence-electron chi connectivity index (χ2n) is 2.13. The van der Waals surface area contributed by atoms with Crippen molar-refractivity contribution in [1.29, 1.82) is 0 Å². The molecule has 0 aromatic carbocycles. The maximum Gasteiger partial charge on any atom is 0.263 e. The molecule has 0 saturated carbocycles. The fraction of sp³-hybridized carbons (Fsp3) is 0.429. The summed E-state index contributed by atoms with van der Waals surface area (Å²) in [6.45, 7) is 1.07. The molecule has 0 atom stereocenters. The van der Waals surface area contributed by atoms with Crippen molar-refractivity contribution < 1.29 is 9.53 Å². The summed E-state index contributed by atoms with van der Waals surface area (Å²) in [6.07, 6.45) is 1.61. The van der Waals surface area contributed by atoms with Gasteiger partial charge in [0.05, 0.1) is 6.61 Å². The summed E-state index contributed by atoms with van der Waals surface area (Å²) in [5, 5.41) is 2.69. The van der Waals surface area contributed by atoms with Gasteiger partial charge in [-0.3, -0.25) is 4.79 Å². The molecule has 0 spiro atoms. The first-order valence-electron chi connectivity index (χ1n) is 3.52. The molecule has 66 valence electrons. The highest BCUT2D eigenvalue weighted by Gasteiger charge is 2.04. The topological polar surface area (TPSA) is 51.2 Å². The molecule has 4 nitrogen and oxygen atoms in total. The Hall–Kier alpha value is -0.940. The minimum Gasteiger partial charge on any atom is -0.383 e. The summed E-state index contributed by atoms with van der Waals surface area (Å²) < 4.78 is 8.60. The summed E-state index contributed by atoms with van der Waals surface area (Å²) in [7, 11) is 1.60. The number of rotatable bonds is 4. The van der Waals surface area contributed by atoms with Crippen molar-refractivity contribution in [3.63, 3.8) is 0 Å². The molecule has 1 rings (SSSR count). The Kier molecular flexibility index (Phi) is 3.69. The zero-order chi connectivity index (χ0) is 8.81. The summed E-state index contributed by atoms with van der Waals surface area (Å²) in [5.41, 5.74) is 0. The molecule has 1 amide bonds. The van der Waals surface area contributed by atoms with Gasteiger partial charge in [-0.25, -0.2) is 4.37 Å². The average molecular weight is 186 g/mol. The SMILES string of the molecule is COCCNC(=O)c1ccns1. The van der Waals surface area contributed by atoms with Crippen LogP contribution in [0.3, 0.4) is 0 Å². The maximum atomic E-state index is 11.2. The van der Waals surface area contributed by atoms with Gasteiger partial charge in [0, 0.05) is 19.9 Å². The Labute approximate surface area is 74.7 Å². The van der Waals surface area contributed by atoms with Crippen LogP contribution in [0.2, 0.25) is 0 Å². The lowest BCUT2D eigenvalue weighted by Crippen LogP contribution is -2.26. The Bertz CT molecular complexity index is 236. The Balaban J connectivity index is 2.30. The lowest BCUT2D eigenvalue weighted by molar-refractivity contribution is 0.0941. The summed E-state index contributed by atoms with van der Waals surface area (Å²) in [4.78, 5) is 11.8. The third kappa shape index (κ3) is 2.60. The molecule has 1 aromatic heterocycles. The van der Waals surface area contributed by atoms with E-state index in [1.165, 1.54) is 11.5 Å². The van der Waals surface area contributed by atoms with Gasteiger partial charge < -0.3 is 10.1 Å². The highest BCUT2D eigenvalue weighted by atomic mass is 32.1. The molecule has 0 radical (unpaired) electrons. The Morgan fingerprint density at radius 1 is 1.83 bits per heavy atom. The van der Waals surface area contributed by atoms with Gasteiger partial charge in [-0.1, -0.05) is 0 Å². The normalized spacial score (nSPS) is 9.75. The summed E-state index contributed by atoms with van der Waals surface area (Å²) in [5.74, 6) is -0.0884. The monoisotopic (exact) mass is 186 g/mol. The first-order chi connectivity index (χ1) is 5.84. The van der Waals surface area contributed by atoms with Crippen LogP contribution in [0.25, 0.3) is 0 Å². The van der Waals surface area contributed by atoms with E-state index in [-0.39, 0.29) is 5.91 Å². The van der Waals surface area contributed by atoms with Crippen LogP contribution in [0, 0.1) is 0 Å². The third-order valence-electron chi connectivity index (χ3n) is 1.25. The summed E-state index contributed by atoms with van der Waals surface area (Å²) >= 11 is 1.19. The molecule has 1 heterocycles. The van der Waals surface area contributed by atoms with Crippen LogP contribution < -0.4 is 5.32 Å². The first kappa shape index (κ1) is 9.15. The highest BCUT2D eigenvalue weighted by Crippen LogP contribution is 2.02. The number of amides is 1. The average Bonchev–Trinajstić information content (AvgIpc) is 2.56. The molecule has 0 fully saturated rings. The number of ether oxygens (including phenoxy) is 1. The van der Waals surface area contributed by atoms with E-state index in [0.29, 0.717) is 18.0 Å². The minimum absolute atomic E-state index is 0.0884. The van der Waals surface area contributed by atoms with E-state index in [1.54, 1.807) is 19.4 Å². The van der Waals surface area contributed by atoms with E-state index < -0.39 is 0 Å². The fourth-order valence-electron chi connectivity index (χ4n) is 0.687. The van der Waals surface area contributed by atoms with Crippen molar-refractivity contribution in [3.05, 3.63) is 17.1 Å². The van der Waals surface area contributed by atoms with Crippen molar-refractivity contribution in [2.75, 3.05) is 20.3 Å². The van der Waals surface area contributed by atoms with Gasteiger partial charge in [-0.2, -0.15) is 0 Å². The lowest BCUT2D eigenvalue weighted by Gasteiger charge is -2.00. The Morgan fingerprint density at radius 3 is 3.25 bits per heavy atom. The fourth-order valence-corrected chi connectivity index (χ4v) is 1.20. The molecular formula is C7H10N2O2S. The van der Waals surface area contributed by atoms with Crippen LogP contribution in [0.15, 0.2) is 12.3 Å². The number of nitrogens with one attached hydrogen (secondary N) is 1. The Morgan fingerprint density at radius 2 is 2.67 bits per heavy atom. The van der Waals surface area contributed by atoms with E-state index in [1.807, 2.05) is 0 Å². The van der Waals surface area contributed by atoms with E-state index in [2.05, 4.69) is 9.69 Å². The smallest absolute Gasteiger partial charge is 0.263 e. The van der Waals surface area contributed by atoms with Crippen LogP contribution in [-0.2, 0) is 4.74 Å². The van der Waals surface area contributed by atoms with Crippen molar-refractivity contribution in [1.82, 2.24) is 9.69 Å². The number of carbonyl (C=O) groups is 1. The lowest BCUT2D eigenvalue weighted by atomic mass is 10.4. The van der Waals surface area contributed by atoms with Gasteiger partial charge in [0.25, 0.3) is 5.91 Å². The van der Waals surface area contributed by atoms with Gasteiger partial charge in [0.2, 0.25) is 0 Å². The standard InChI is InChI=1S/C7H10N2O2S/c1-11-5-4-8-7(10)6-2-3-9-12-6/h2-3H,4-5H2,1H3,(H,8,10). The minimum atomic E-state index is -0.0884. The highest BCUT2D eigenvalue weighted by molar-refractivity contribution is 7.08. The van der Waals surface area contributed by atoms with Crippen LogP contribution in [0.1, 0.15) is 9.67 Å². The summed E-state index contributed by atoms with van der Waals surface area (Å²) in [6, 6.07) is 1.69. The van der Waals surface area contributed by atoms with Crippen LogP contribution >= 0.6 is 11.5 Å². The molecule has 12 heavy (non-hydrogen) atoms. The third-order valence-corrected chi connectivity index (χ3v) is 2.00. The van der Waals surface area contributed by atoms with E-state index >= 15 is 0 Å². The zero-order valence-electron chi connectivity index (χ0n) is 6.74. The van der Waals surface area contributed by atoms with Gasteiger partial charge in [0.1, 0.15) is 4.88 Å². The molecule has 1 aromatic rings. The molecule has 0 aliphatic heterocycles. The van der Waals surface area contributed by atoms with E-state index in [9.17, 15) is 4.79 Å². The van der Waals surface area contributed by atoms with Crippen molar-refractivity contribution in [2.45, 2.75) is 0 Å². The van der Waals surface area contributed by atoms with Crippen LogP contribution in [0.4, 0.5) is 0 Å². The number of carbonyl (C=O) groups excluding carboxylic acids is 1. The van der Waals surface area contributed by atoms with Gasteiger partial charge in [0.15, 0.2) is 0 Å². The van der Waals surface area contributed by atoms with Gasteiger partial charge in [-0.15, -0.1) is 0 Å². The van der Waals surface area contributed by atoms with Crippen molar-refractivity contribution in [3.8, 4) is 0 Å². The second kappa shape index (κ2) is 4.84. The zero-order valence-corrected chi connectivity index (χ0v) is 7.56. The van der Waals surface area contributed by atoms with Crippen LogP contribution in [-0.4, -0.2) is 30.5 Å². The molecule has 0 aliphatic rings. The van der Waals surface area contributed by atoms with Crippen molar-refractivity contribution >= 4 is 17.4 Å². The predicted octanol–water partition coefficient (Wildman–Crippen LogP) is 0.519. The van der Waals surface area contributed by atoms with E-state index in [4.69, 9.17) is 4.74 Å². The number of methoxy groups -OCH3 is 1. The van der Waals surface area contributed by atoms with Gasteiger partial charge in [-0.05, 0) is 17.6 Å². The second-order valence-corrected chi connectivity index (χ2v) is 2.96. The molecular weight excluding hydrogens is 176 g/mol.